The Morgan fingerprint density at radius 1 is 1.16 bits per heavy atom. The van der Waals surface area contributed by atoms with Crippen molar-refractivity contribution in [3.05, 3.63) is 87.5 Å². The van der Waals surface area contributed by atoms with Crippen molar-refractivity contribution in [1.82, 2.24) is 4.90 Å². The highest BCUT2D eigenvalue weighted by atomic mass is 35.5. The largest absolute Gasteiger partial charge is 0.493 e. The average molecular weight is 554 g/mol. The molecule has 1 heterocycles. The normalized spacial score (nSPS) is 15.3. The van der Waals surface area contributed by atoms with Crippen molar-refractivity contribution in [3.63, 3.8) is 0 Å². The lowest BCUT2D eigenvalue weighted by atomic mass is 10.1. The smallest absolute Gasteiger partial charge is 0.266 e. The zero-order valence-corrected chi connectivity index (χ0v) is 22.5. The van der Waals surface area contributed by atoms with Gasteiger partial charge in [-0.25, -0.2) is 9.38 Å². The quantitative estimate of drug-likeness (QED) is 0.325. The van der Waals surface area contributed by atoms with Crippen LogP contribution in [0.3, 0.4) is 0 Å². The number of likely N-dealkylation sites (N-methyl/N-ethyl adjacent to an activating group) is 1. The molecule has 0 aliphatic carbocycles. The summed E-state index contributed by atoms with van der Waals surface area (Å²) < 4.78 is 24.4. The number of carbonyl (C=O) groups excluding carboxylic acids is 2. The second-order valence-corrected chi connectivity index (χ2v) is 9.68. The lowest BCUT2D eigenvalue weighted by Crippen LogP contribution is -2.28. The number of methoxy groups -OCH3 is 1. The maximum atomic E-state index is 13.2. The molecule has 0 saturated carbocycles. The summed E-state index contributed by atoms with van der Waals surface area (Å²) >= 11 is 7.69. The molecule has 7 nitrogen and oxygen atoms in total. The third kappa shape index (κ3) is 6.54. The minimum absolute atomic E-state index is 0.207. The lowest BCUT2D eigenvalue weighted by molar-refractivity contribution is -0.122. The Balaban J connectivity index is 1.51. The highest BCUT2D eigenvalue weighted by molar-refractivity contribution is 8.18. The molecular formula is C28H25ClFN3O4S. The first-order valence-electron chi connectivity index (χ1n) is 11.7. The van der Waals surface area contributed by atoms with E-state index in [1.54, 1.807) is 47.4 Å². The van der Waals surface area contributed by atoms with E-state index in [0.29, 0.717) is 39.3 Å². The fourth-order valence-electron chi connectivity index (χ4n) is 3.58. The van der Waals surface area contributed by atoms with Crippen molar-refractivity contribution in [1.29, 1.82) is 0 Å². The van der Waals surface area contributed by atoms with Crippen molar-refractivity contribution < 1.29 is 23.5 Å². The van der Waals surface area contributed by atoms with Gasteiger partial charge < -0.3 is 14.8 Å². The molecule has 1 saturated heterocycles. The molecule has 0 unspecified atom stereocenters. The van der Waals surface area contributed by atoms with Crippen LogP contribution in [0.5, 0.6) is 11.5 Å². The maximum Gasteiger partial charge on any atom is 0.266 e. The number of anilines is 1. The molecule has 0 radical (unpaired) electrons. The van der Waals surface area contributed by atoms with Crippen LogP contribution in [0.1, 0.15) is 18.1 Å². The minimum atomic E-state index is -0.359. The number of aryl methyl sites for hydroxylation is 1. The molecule has 1 aliphatic heterocycles. The molecule has 2 amide bonds. The Bertz CT molecular complexity index is 1410. The number of ether oxygens (including phenoxy) is 2. The van der Waals surface area contributed by atoms with Crippen LogP contribution in [0, 0.1) is 12.7 Å². The van der Waals surface area contributed by atoms with Gasteiger partial charge in [0.1, 0.15) is 5.82 Å². The summed E-state index contributed by atoms with van der Waals surface area (Å²) in [6, 6.07) is 16.4. The molecule has 0 atom stereocenters. The van der Waals surface area contributed by atoms with Crippen LogP contribution in [0.15, 0.2) is 70.6 Å². The average Bonchev–Trinajstić information content (AvgIpc) is 3.19. The summed E-state index contributed by atoms with van der Waals surface area (Å²) in [5, 5.41) is 3.48. The summed E-state index contributed by atoms with van der Waals surface area (Å²) in [4.78, 5) is 31.8. The van der Waals surface area contributed by atoms with Crippen LogP contribution < -0.4 is 14.8 Å². The second-order valence-electron chi connectivity index (χ2n) is 8.27. The second kappa shape index (κ2) is 12.1. The Morgan fingerprint density at radius 2 is 1.87 bits per heavy atom. The van der Waals surface area contributed by atoms with E-state index in [0.717, 1.165) is 5.56 Å². The molecule has 1 aliphatic rings. The number of hydrogen-bond acceptors (Lipinski definition) is 6. The fraction of sp³-hybridized carbons (Fsp3) is 0.179. The van der Waals surface area contributed by atoms with Crippen molar-refractivity contribution in [2.45, 2.75) is 13.8 Å². The van der Waals surface area contributed by atoms with Crippen molar-refractivity contribution in [2.75, 3.05) is 25.6 Å². The van der Waals surface area contributed by atoms with Crippen LogP contribution in [0.4, 0.5) is 15.8 Å². The van der Waals surface area contributed by atoms with Gasteiger partial charge in [0.2, 0.25) is 0 Å². The van der Waals surface area contributed by atoms with E-state index in [9.17, 15) is 14.0 Å². The molecule has 196 valence electrons. The van der Waals surface area contributed by atoms with Gasteiger partial charge in [0.15, 0.2) is 23.3 Å². The first kappa shape index (κ1) is 27.2. The number of carbonyl (C=O) groups is 2. The van der Waals surface area contributed by atoms with Gasteiger partial charge in [0, 0.05) is 12.2 Å². The van der Waals surface area contributed by atoms with E-state index in [1.807, 2.05) is 26.0 Å². The molecule has 38 heavy (non-hydrogen) atoms. The molecule has 1 N–H and O–H groups in total. The van der Waals surface area contributed by atoms with E-state index in [-0.39, 0.29) is 35.0 Å². The SMILES string of the molecule is CCN1C(=O)/C(=C\c2cc(Cl)c(OCC(=O)Nc3ccc(C)cc3)c(OC)c2)SC1=Nc1ccc(F)cc1. The van der Waals surface area contributed by atoms with Gasteiger partial charge in [-0.15, -0.1) is 0 Å². The van der Waals surface area contributed by atoms with Crippen LogP contribution in [-0.4, -0.2) is 42.1 Å². The summed E-state index contributed by atoms with van der Waals surface area (Å²) in [6.07, 6.45) is 1.69. The summed E-state index contributed by atoms with van der Waals surface area (Å²) in [7, 11) is 1.46. The molecular weight excluding hydrogens is 529 g/mol. The number of nitrogens with one attached hydrogen (secondary N) is 1. The van der Waals surface area contributed by atoms with Crippen LogP contribution in [0.2, 0.25) is 5.02 Å². The molecule has 3 aromatic carbocycles. The van der Waals surface area contributed by atoms with Gasteiger partial charge in [-0.05, 0) is 85.8 Å². The standard InChI is InChI=1S/C28H25ClFN3O4S/c1-4-33-27(35)24(38-28(33)32-21-11-7-19(30)8-12-21)15-18-13-22(29)26(23(14-18)36-3)37-16-25(34)31-20-9-5-17(2)6-10-20/h5-15H,4,16H2,1-3H3,(H,31,34)/b24-15+,32-28?. The maximum absolute atomic E-state index is 13.2. The number of benzene rings is 3. The zero-order valence-electron chi connectivity index (χ0n) is 21.0. The Labute approximate surface area is 229 Å². The predicted octanol–water partition coefficient (Wildman–Crippen LogP) is 6.44. The highest BCUT2D eigenvalue weighted by Gasteiger charge is 2.32. The van der Waals surface area contributed by atoms with E-state index in [4.69, 9.17) is 21.1 Å². The first-order chi connectivity index (χ1) is 18.3. The van der Waals surface area contributed by atoms with Crippen molar-refractivity contribution in [2.24, 2.45) is 4.99 Å². The fourth-order valence-corrected chi connectivity index (χ4v) is 4.92. The summed E-state index contributed by atoms with van der Waals surface area (Å²) in [5.74, 6) is -0.382. The van der Waals surface area contributed by atoms with E-state index in [1.165, 1.54) is 31.0 Å². The number of amidine groups is 1. The first-order valence-corrected chi connectivity index (χ1v) is 12.9. The van der Waals surface area contributed by atoms with Gasteiger partial charge in [-0.2, -0.15) is 0 Å². The van der Waals surface area contributed by atoms with Crippen molar-refractivity contribution >= 4 is 57.8 Å². The third-order valence-corrected chi connectivity index (χ3v) is 6.78. The molecule has 1 fully saturated rings. The third-order valence-electron chi connectivity index (χ3n) is 5.49. The molecule has 3 aromatic rings. The minimum Gasteiger partial charge on any atom is -0.493 e. The number of hydrogen-bond donors (Lipinski definition) is 1. The van der Waals surface area contributed by atoms with Crippen LogP contribution in [-0.2, 0) is 9.59 Å². The van der Waals surface area contributed by atoms with E-state index >= 15 is 0 Å². The number of rotatable bonds is 8. The lowest BCUT2D eigenvalue weighted by Gasteiger charge is -2.14. The summed E-state index contributed by atoms with van der Waals surface area (Å²) in [5.41, 5.74) is 2.89. The molecule has 0 bridgehead atoms. The Hall–Kier alpha value is -3.82. The zero-order chi connectivity index (χ0) is 27.2. The van der Waals surface area contributed by atoms with Crippen molar-refractivity contribution in [3.8, 4) is 11.5 Å². The molecule has 4 rings (SSSR count). The number of aliphatic imine (C=N–C) groups is 1. The van der Waals surface area contributed by atoms with E-state index < -0.39 is 0 Å². The molecule has 0 spiro atoms. The summed E-state index contributed by atoms with van der Waals surface area (Å²) in [6.45, 7) is 3.96. The van der Waals surface area contributed by atoms with Crippen LogP contribution >= 0.6 is 23.4 Å². The van der Waals surface area contributed by atoms with Gasteiger partial charge in [0.05, 0.1) is 22.7 Å². The Kier molecular flexibility index (Phi) is 8.70. The topological polar surface area (TPSA) is 80.2 Å². The monoisotopic (exact) mass is 553 g/mol. The number of thioether (sulfide) groups is 1. The van der Waals surface area contributed by atoms with Gasteiger partial charge in [-0.3, -0.25) is 14.5 Å². The van der Waals surface area contributed by atoms with Crippen LogP contribution in [0.25, 0.3) is 6.08 Å². The Morgan fingerprint density at radius 3 is 2.53 bits per heavy atom. The molecule has 10 heteroatoms. The van der Waals surface area contributed by atoms with Gasteiger partial charge >= 0.3 is 0 Å². The van der Waals surface area contributed by atoms with Gasteiger partial charge in [-0.1, -0.05) is 29.3 Å². The number of nitrogens with zero attached hydrogens (tertiary/aromatic N) is 2. The van der Waals surface area contributed by atoms with E-state index in [2.05, 4.69) is 10.3 Å². The number of amides is 2. The van der Waals surface area contributed by atoms with Gasteiger partial charge in [0.25, 0.3) is 11.8 Å². The number of halogens is 2. The highest BCUT2D eigenvalue weighted by Crippen LogP contribution is 2.39. The predicted molar refractivity (Wildman–Crippen MR) is 150 cm³/mol. The molecule has 0 aromatic heterocycles.